The van der Waals surface area contributed by atoms with E-state index in [1.807, 2.05) is 49.4 Å². The van der Waals surface area contributed by atoms with Crippen LogP contribution in [0.1, 0.15) is 16.7 Å². The number of piperazine rings is 2. The third-order valence-corrected chi connectivity index (χ3v) is 6.32. The molecule has 2 aromatic rings. The van der Waals surface area contributed by atoms with Crippen molar-refractivity contribution in [1.82, 2.24) is 19.6 Å². The number of nitrogens with zero attached hydrogens (tertiary/aromatic N) is 4. The molecule has 3 amide bonds. The molecule has 7 heteroatoms. The van der Waals surface area contributed by atoms with Crippen LogP contribution in [-0.2, 0) is 27.5 Å². The fourth-order valence-electron chi connectivity index (χ4n) is 4.27. The minimum absolute atomic E-state index is 0.0263. The first kappa shape index (κ1) is 22.0. The molecule has 2 aromatic carbocycles. The van der Waals surface area contributed by atoms with Crippen molar-refractivity contribution in [2.24, 2.45) is 0 Å². The monoisotopic (exact) mass is 434 g/mol. The molecule has 168 valence electrons. The molecule has 32 heavy (non-hydrogen) atoms. The van der Waals surface area contributed by atoms with Crippen molar-refractivity contribution in [1.29, 1.82) is 0 Å². The zero-order valence-electron chi connectivity index (χ0n) is 18.6. The third-order valence-electron chi connectivity index (χ3n) is 6.32. The van der Waals surface area contributed by atoms with Gasteiger partial charge in [-0.15, -0.1) is 0 Å². The second kappa shape index (κ2) is 9.96. The van der Waals surface area contributed by atoms with Gasteiger partial charge in [-0.05, 0) is 23.6 Å². The molecule has 2 aliphatic rings. The van der Waals surface area contributed by atoms with Gasteiger partial charge in [0.05, 0.1) is 0 Å². The molecule has 0 saturated carbocycles. The Morgan fingerprint density at radius 1 is 0.750 bits per heavy atom. The number of hydrogen-bond acceptors (Lipinski definition) is 4. The van der Waals surface area contributed by atoms with Crippen LogP contribution >= 0.6 is 0 Å². The van der Waals surface area contributed by atoms with Gasteiger partial charge in [0.15, 0.2) is 0 Å². The Morgan fingerprint density at radius 2 is 1.38 bits per heavy atom. The highest BCUT2D eigenvalue weighted by Gasteiger charge is 2.34. The van der Waals surface area contributed by atoms with E-state index in [1.54, 1.807) is 9.80 Å². The summed E-state index contributed by atoms with van der Waals surface area (Å²) in [5, 5.41) is 0. The smallest absolute Gasteiger partial charge is 0.312 e. The summed E-state index contributed by atoms with van der Waals surface area (Å²) < 4.78 is 0. The van der Waals surface area contributed by atoms with E-state index in [2.05, 4.69) is 17.0 Å². The SMILES string of the molecule is Cc1ccccc1CN1CCN(CC(=O)N2CCN(Cc3ccccc3)CC2)C(=O)C1=O. The average molecular weight is 435 g/mol. The molecule has 0 radical (unpaired) electrons. The summed E-state index contributed by atoms with van der Waals surface area (Å²) in [6.07, 6.45) is 0. The van der Waals surface area contributed by atoms with Crippen molar-refractivity contribution < 1.29 is 14.4 Å². The molecule has 7 nitrogen and oxygen atoms in total. The molecule has 0 aliphatic carbocycles. The number of amides is 3. The van der Waals surface area contributed by atoms with Crippen molar-refractivity contribution in [3.05, 3.63) is 71.3 Å². The minimum atomic E-state index is -0.583. The first-order chi connectivity index (χ1) is 15.5. The van der Waals surface area contributed by atoms with Crippen LogP contribution in [0, 0.1) is 6.92 Å². The van der Waals surface area contributed by atoms with Crippen LogP contribution in [0.15, 0.2) is 54.6 Å². The van der Waals surface area contributed by atoms with Gasteiger partial charge in [-0.2, -0.15) is 0 Å². The summed E-state index contributed by atoms with van der Waals surface area (Å²) in [6, 6.07) is 18.2. The second-order valence-corrected chi connectivity index (χ2v) is 8.52. The lowest BCUT2D eigenvalue weighted by Gasteiger charge is -2.37. The van der Waals surface area contributed by atoms with Gasteiger partial charge >= 0.3 is 11.8 Å². The van der Waals surface area contributed by atoms with Gasteiger partial charge in [0, 0.05) is 52.4 Å². The van der Waals surface area contributed by atoms with E-state index in [1.165, 1.54) is 10.5 Å². The highest BCUT2D eigenvalue weighted by atomic mass is 16.2. The minimum Gasteiger partial charge on any atom is -0.339 e. The molecule has 2 heterocycles. The summed E-state index contributed by atoms with van der Waals surface area (Å²) in [5.41, 5.74) is 3.39. The molecule has 0 bridgehead atoms. The second-order valence-electron chi connectivity index (χ2n) is 8.52. The van der Waals surface area contributed by atoms with E-state index in [4.69, 9.17) is 0 Å². The van der Waals surface area contributed by atoms with E-state index in [0.717, 1.165) is 30.8 Å². The zero-order chi connectivity index (χ0) is 22.5. The lowest BCUT2D eigenvalue weighted by Crippen LogP contribution is -2.57. The Kier molecular flexibility index (Phi) is 6.85. The summed E-state index contributed by atoms with van der Waals surface area (Å²) in [5.74, 6) is -1.20. The Labute approximate surface area is 189 Å². The van der Waals surface area contributed by atoms with Gasteiger partial charge in [-0.3, -0.25) is 19.3 Å². The number of hydrogen-bond donors (Lipinski definition) is 0. The predicted octanol–water partition coefficient (Wildman–Crippen LogP) is 1.51. The zero-order valence-corrected chi connectivity index (χ0v) is 18.6. The first-order valence-corrected chi connectivity index (χ1v) is 11.2. The van der Waals surface area contributed by atoms with Crippen molar-refractivity contribution >= 4 is 17.7 Å². The normalized spacial score (nSPS) is 17.7. The molecule has 2 saturated heterocycles. The Bertz CT molecular complexity index is 970. The van der Waals surface area contributed by atoms with Crippen molar-refractivity contribution in [2.75, 3.05) is 45.8 Å². The summed E-state index contributed by atoms with van der Waals surface area (Å²) in [4.78, 5) is 45.2. The topological polar surface area (TPSA) is 64.2 Å². The Balaban J connectivity index is 1.26. The van der Waals surface area contributed by atoms with Crippen LogP contribution in [0.4, 0.5) is 0 Å². The molecule has 4 rings (SSSR count). The fourth-order valence-corrected chi connectivity index (χ4v) is 4.27. The number of rotatable bonds is 6. The van der Waals surface area contributed by atoms with Crippen LogP contribution in [0.5, 0.6) is 0 Å². The Hall–Kier alpha value is -3.19. The molecular weight excluding hydrogens is 404 g/mol. The molecule has 0 spiro atoms. The van der Waals surface area contributed by atoms with Crippen molar-refractivity contribution in [2.45, 2.75) is 20.0 Å². The van der Waals surface area contributed by atoms with Gasteiger partial charge in [0.1, 0.15) is 6.54 Å². The molecule has 0 unspecified atom stereocenters. The van der Waals surface area contributed by atoms with Gasteiger partial charge in [-0.1, -0.05) is 54.6 Å². The van der Waals surface area contributed by atoms with Crippen LogP contribution in [0.3, 0.4) is 0 Å². The molecule has 0 atom stereocenters. The summed E-state index contributed by atoms with van der Waals surface area (Å²) in [6.45, 7) is 6.98. The van der Waals surface area contributed by atoms with Gasteiger partial charge in [0.2, 0.25) is 5.91 Å². The lowest BCUT2D eigenvalue weighted by atomic mass is 10.1. The number of benzene rings is 2. The average Bonchev–Trinajstić information content (AvgIpc) is 2.81. The maximum atomic E-state index is 12.8. The van der Waals surface area contributed by atoms with Crippen LogP contribution in [-0.4, -0.2) is 83.1 Å². The van der Waals surface area contributed by atoms with E-state index in [0.29, 0.717) is 32.7 Å². The largest absolute Gasteiger partial charge is 0.339 e. The highest BCUT2D eigenvalue weighted by Crippen LogP contribution is 2.15. The van der Waals surface area contributed by atoms with Gasteiger partial charge in [0.25, 0.3) is 0 Å². The number of carbonyl (C=O) groups is 3. The number of aryl methyl sites for hydroxylation is 1. The fraction of sp³-hybridized carbons (Fsp3) is 0.400. The maximum absolute atomic E-state index is 12.8. The van der Waals surface area contributed by atoms with Gasteiger partial charge in [-0.25, -0.2) is 0 Å². The molecule has 0 aromatic heterocycles. The summed E-state index contributed by atoms with van der Waals surface area (Å²) >= 11 is 0. The molecule has 2 fully saturated rings. The van der Waals surface area contributed by atoms with Crippen molar-refractivity contribution in [3.8, 4) is 0 Å². The maximum Gasteiger partial charge on any atom is 0.312 e. The van der Waals surface area contributed by atoms with Crippen LogP contribution in [0.2, 0.25) is 0 Å². The molecule has 2 aliphatic heterocycles. The third kappa shape index (κ3) is 5.16. The standard InChI is InChI=1S/C25H30N4O3/c1-20-7-5-6-10-22(20)18-28-15-16-29(25(32)24(28)31)19-23(30)27-13-11-26(12-14-27)17-21-8-3-2-4-9-21/h2-10H,11-19H2,1H3. The molecule has 0 N–H and O–H groups in total. The predicted molar refractivity (Wildman–Crippen MR) is 121 cm³/mol. The van der Waals surface area contributed by atoms with Crippen LogP contribution < -0.4 is 0 Å². The quantitative estimate of drug-likeness (QED) is 0.647. The number of carbonyl (C=O) groups excluding carboxylic acids is 3. The lowest BCUT2D eigenvalue weighted by molar-refractivity contribution is -0.158. The van der Waals surface area contributed by atoms with Crippen molar-refractivity contribution in [3.63, 3.8) is 0 Å². The highest BCUT2D eigenvalue weighted by molar-refractivity contribution is 6.35. The van der Waals surface area contributed by atoms with E-state index in [-0.39, 0.29) is 12.5 Å². The molecular formula is C25H30N4O3. The first-order valence-electron chi connectivity index (χ1n) is 11.2. The summed E-state index contributed by atoms with van der Waals surface area (Å²) in [7, 11) is 0. The van der Waals surface area contributed by atoms with Crippen LogP contribution in [0.25, 0.3) is 0 Å². The van der Waals surface area contributed by atoms with E-state index < -0.39 is 11.8 Å². The van der Waals surface area contributed by atoms with Gasteiger partial charge < -0.3 is 14.7 Å². The van der Waals surface area contributed by atoms with E-state index >= 15 is 0 Å². The van der Waals surface area contributed by atoms with E-state index in [9.17, 15) is 14.4 Å². The Morgan fingerprint density at radius 3 is 2.09 bits per heavy atom.